The molecule has 24 heavy (non-hydrogen) atoms. The second-order valence-electron chi connectivity index (χ2n) is 5.81. The summed E-state index contributed by atoms with van der Waals surface area (Å²) in [5.74, 6) is 2.19. The second-order valence-corrected chi connectivity index (χ2v) is 5.81. The van der Waals surface area contributed by atoms with Crippen molar-refractivity contribution in [2.24, 2.45) is 5.92 Å². The van der Waals surface area contributed by atoms with Gasteiger partial charge in [-0.25, -0.2) is 0 Å². The predicted octanol–water partition coefficient (Wildman–Crippen LogP) is 2.56. The number of halogens is 1. The summed E-state index contributed by atoms with van der Waals surface area (Å²) in [6, 6.07) is 5.97. The minimum atomic E-state index is 0. The first kappa shape index (κ1) is 20.6. The highest BCUT2D eigenvalue weighted by atomic mass is 35.5. The first-order valence-electron chi connectivity index (χ1n) is 8.58. The predicted molar refractivity (Wildman–Crippen MR) is 98.3 cm³/mol. The van der Waals surface area contributed by atoms with Gasteiger partial charge in [0, 0.05) is 13.0 Å². The minimum absolute atomic E-state index is 0. The van der Waals surface area contributed by atoms with Crippen LogP contribution in [0.3, 0.4) is 0 Å². The van der Waals surface area contributed by atoms with Crippen molar-refractivity contribution >= 4 is 18.3 Å². The van der Waals surface area contributed by atoms with Gasteiger partial charge in [0.25, 0.3) is 0 Å². The topological polar surface area (TPSA) is 59.6 Å². The van der Waals surface area contributed by atoms with E-state index in [0.29, 0.717) is 32.1 Å². The van der Waals surface area contributed by atoms with Crippen molar-refractivity contribution in [3.8, 4) is 11.5 Å². The van der Waals surface area contributed by atoms with E-state index in [2.05, 4.69) is 10.6 Å². The molecule has 1 unspecified atom stereocenters. The van der Waals surface area contributed by atoms with Crippen LogP contribution in [0.2, 0.25) is 0 Å². The molecule has 1 saturated heterocycles. The minimum Gasteiger partial charge on any atom is -0.490 e. The zero-order valence-corrected chi connectivity index (χ0v) is 15.4. The van der Waals surface area contributed by atoms with Gasteiger partial charge in [0.1, 0.15) is 0 Å². The van der Waals surface area contributed by atoms with Gasteiger partial charge >= 0.3 is 0 Å². The SMILES string of the molecule is CCOc1ccc(CCNC(=O)CC2CCNC2)cc1OCC.Cl. The van der Waals surface area contributed by atoms with E-state index in [-0.39, 0.29) is 18.3 Å². The summed E-state index contributed by atoms with van der Waals surface area (Å²) in [6.45, 7) is 7.79. The van der Waals surface area contributed by atoms with E-state index in [9.17, 15) is 4.79 Å². The van der Waals surface area contributed by atoms with Crippen LogP contribution in [0.4, 0.5) is 0 Å². The quantitative estimate of drug-likeness (QED) is 0.714. The molecule has 1 aliphatic rings. The van der Waals surface area contributed by atoms with Gasteiger partial charge < -0.3 is 20.1 Å². The fourth-order valence-electron chi connectivity index (χ4n) is 2.82. The molecule has 6 heteroatoms. The van der Waals surface area contributed by atoms with Gasteiger partial charge in [0.15, 0.2) is 11.5 Å². The summed E-state index contributed by atoms with van der Waals surface area (Å²) in [5, 5.41) is 6.30. The van der Waals surface area contributed by atoms with Crippen molar-refractivity contribution in [1.29, 1.82) is 0 Å². The summed E-state index contributed by atoms with van der Waals surface area (Å²) in [5.41, 5.74) is 1.14. The van der Waals surface area contributed by atoms with Crippen LogP contribution in [0, 0.1) is 5.92 Å². The van der Waals surface area contributed by atoms with Gasteiger partial charge in [-0.15, -0.1) is 12.4 Å². The van der Waals surface area contributed by atoms with Gasteiger partial charge in [-0.05, 0) is 63.4 Å². The Morgan fingerprint density at radius 2 is 2.00 bits per heavy atom. The Hall–Kier alpha value is -1.46. The summed E-state index contributed by atoms with van der Waals surface area (Å²) in [7, 11) is 0. The van der Waals surface area contributed by atoms with E-state index < -0.39 is 0 Å². The molecule has 0 radical (unpaired) electrons. The van der Waals surface area contributed by atoms with E-state index in [1.165, 1.54) is 0 Å². The molecule has 1 aromatic rings. The number of rotatable bonds is 9. The number of hydrogen-bond acceptors (Lipinski definition) is 4. The fourth-order valence-corrected chi connectivity index (χ4v) is 2.82. The van der Waals surface area contributed by atoms with Gasteiger partial charge in [0.2, 0.25) is 5.91 Å². The van der Waals surface area contributed by atoms with Gasteiger partial charge in [-0.1, -0.05) is 6.07 Å². The van der Waals surface area contributed by atoms with Crippen LogP contribution in [-0.2, 0) is 11.2 Å². The fraction of sp³-hybridized carbons (Fsp3) is 0.611. The lowest BCUT2D eigenvalue weighted by atomic mass is 10.0. The summed E-state index contributed by atoms with van der Waals surface area (Å²) in [4.78, 5) is 11.9. The van der Waals surface area contributed by atoms with Crippen molar-refractivity contribution in [1.82, 2.24) is 10.6 Å². The maximum absolute atomic E-state index is 11.9. The average Bonchev–Trinajstić information content (AvgIpc) is 3.03. The zero-order chi connectivity index (χ0) is 16.5. The molecule has 0 saturated carbocycles. The Balaban J connectivity index is 0.00000288. The standard InChI is InChI=1S/C18H28N2O3.ClH/c1-3-22-16-6-5-14(11-17(16)23-4-2)8-10-20-18(21)12-15-7-9-19-13-15;/h5-6,11,15,19H,3-4,7-10,12-13H2,1-2H3,(H,20,21);1H. The molecule has 0 bridgehead atoms. The zero-order valence-electron chi connectivity index (χ0n) is 14.6. The Labute approximate surface area is 150 Å². The monoisotopic (exact) mass is 356 g/mol. The number of nitrogens with one attached hydrogen (secondary N) is 2. The van der Waals surface area contributed by atoms with Gasteiger partial charge in [-0.2, -0.15) is 0 Å². The summed E-state index contributed by atoms with van der Waals surface area (Å²) >= 11 is 0. The Morgan fingerprint density at radius 3 is 2.67 bits per heavy atom. The van der Waals surface area contributed by atoms with Gasteiger partial charge in [0.05, 0.1) is 13.2 Å². The molecule has 1 amide bonds. The molecular weight excluding hydrogens is 328 g/mol. The largest absolute Gasteiger partial charge is 0.490 e. The number of hydrogen-bond donors (Lipinski definition) is 2. The molecule has 1 heterocycles. The van der Waals surface area contributed by atoms with Crippen molar-refractivity contribution in [3.05, 3.63) is 23.8 Å². The third-order valence-electron chi connectivity index (χ3n) is 3.98. The van der Waals surface area contributed by atoms with E-state index >= 15 is 0 Å². The number of benzene rings is 1. The number of carbonyl (C=O) groups excluding carboxylic acids is 1. The highest BCUT2D eigenvalue weighted by Gasteiger charge is 2.17. The molecule has 1 atom stereocenters. The van der Waals surface area contributed by atoms with Crippen molar-refractivity contribution < 1.29 is 14.3 Å². The van der Waals surface area contributed by atoms with E-state index in [0.717, 1.165) is 43.0 Å². The Morgan fingerprint density at radius 1 is 1.25 bits per heavy atom. The van der Waals surface area contributed by atoms with Crippen LogP contribution in [0.1, 0.15) is 32.3 Å². The van der Waals surface area contributed by atoms with E-state index in [4.69, 9.17) is 9.47 Å². The number of carbonyl (C=O) groups is 1. The molecule has 5 nitrogen and oxygen atoms in total. The van der Waals surface area contributed by atoms with Crippen molar-refractivity contribution in [3.63, 3.8) is 0 Å². The van der Waals surface area contributed by atoms with E-state index in [1.54, 1.807) is 0 Å². The maximum atomic E-state index is 11.9. The maximum Gasteiger partial charge on any atom is 0.220 e. The van der Waals surface area contributed by atoms with Crippen molar-refractivity contribution in [2.75, 3.05) is 32.8 Å². The Bertz CT molecular complexity index is 505. The first-order valence-corrected chi connectivity index (χ1v) is 8.58. The molecule has 136 valence electrons. The third-order valence-corrected chi connectivity index (χ3v) is 3.98. The molecule has 1 aromatic carbocycles. The first-order chi connectivity index (χ1) is 11.2. The smallest absolute Gasteiger partial charge is 0.220 e. The number of amides is 1. The third kappa shape index (κ3) is 6.57. The lowest BCUT2D eigenvalue weighted by Gasteiger charge is -2.13. The molecule has 2 rings (SSSR count). The summed E-state index contributed by atoms with van der Waals surface area (Å²) < 4.78 is 11.2. The van der Waals surface area contributed by atoms with Gasteiger partial charge in [-0.3, -0.25) is 4.79 Å². The number of ether oxygens (including phenoxy) is 2. The lowest BCUT2D eigenvalue weighted by Crippen LogP contribution is -2.28. The van der Waals surface area contributed by atoms with Crippen LogP contribution in [0.5, 0.6) is 11.5 Å². The molecule has 1 aliphatic heterocycles. The normalized spacial score (nSPS) is 16.3. The average molecular weight is 357 g/mol. The van der Waals surface area contributed by atoms with Crippen LogP contribution < -0.4 is 20.1 Å². The second kappa shape index (κ2) is 11.2. The van der Waals surface area contributed by atoms with Crippen molar-refractivity contribution in [2.45, 2.75) is 33.1 Å². The molecule has 1 fully saturated rings. The Kier molecular flexibility index (Phi) is 9.57. The van der Waals surface area contributed by atoms with Crippen LogP contribution in [0.25, 0.3) is 0 Å². The lowest BCUT2D eigenvalue weighted by molar-refractivity contribution is -0.121. The molecule has 2 N–H and O–H groups in total. The summed E-state index contributed by atoms with van der Waals surface area (Å²) in [6.07, 6.45) is 2.52. The molecule has 0 aliphatic carbocycles. The van der Waals surface area contributed by atoms with Crippen LogP contribution >= 0.6 is 12.4 Å². The molecular formula is C18H29ClN2O3. The van der Waals surface area contributed by atoms with Crippen LogP contribution in [-0.4, -0.2) is 38.8 Å². The highest BCUT2D eigenvalue weighted by molar-refractivity contribution is 5.85. The molecule has 0 spiro atoms. The van der Waals surface area contributed by atoms with E-state index in [1.807, 2.05) is 32.0 Å². The highest BCUT2D eigenvalue weighted by Crippen LogP contribution is 2.28. The molecule has 0 aromatic heterocycles. The van der Waals surface area contributed by atoms with Crippen LogP contribution in [0.15, 0.2) is 18.2 Å².